The number of nitrogens with one attached hydrogen (secondary N) is 2. The molecule has 0 radical (unpaired) electrons. The number of fused-ring (bicyclic) bond motifs is 2. The maximum Gasteiger partial charge on any atom is 0.251 e. The normalized spacial score (nSPS) is 23.1. The van der Waals surface area contributed by atoms with E-state index in [2.05, 4.69) is 15.5 Å². The molecule has 164 valence electrons. The van der Waals surface area contributed by atoms with Crippen molar-refractivity contribution in [2.45, 2.75) is 50.2 Å². The van der Waals surface area contributed by atoms with Crippen molar-refractivity contribution < 1.29 is 14.3 Å². The highest BCUT2D eigenvalue weighted by atomic mass is 35.5. The van der Waals surface area contributed by atoms with Gasteiger partial charge < -0.3 is 15.4 Å². The van der Waals surface area contributed by atoms with Gasteiger partial charge in [0, 0.05) is 34.4 Å². The minimum atomic E-state index is -0.0732. The fourth-order valence-corrected chi connectivity index (χ4v) is 4.91. The summed E-state index contributed by atoms with van der Waals surface area (Å²) in [5.41, 5.74) is 1.36. The molecule has 2 N–H and O–H groups in total. The van der Waals surface area contributed by atoms with E-state index in [0.29, 0.717) is 35.0 Å². The van der Waals surface area contributed by atoms with Crippen molar-refractivity contribution in [3.63, 3.8) is 0 Å². The van der Waals surface area contributed by atoms with Crippen molar-refractivity contribution in [1.82, 2.24) is 10.2 Å². The second kappa shape index (κ2) is 9.71. The molecule has 6 nitrogen and oxygen atoms in total. The summed E-state index contributed by atoms with van der Waals surface area (Å²) in [7, 11) is 1.59. The Morgan fingerprint density at radius 3 is 2.48 bits per heavy atom. The largest absolute Gasteiger partial charge is 0.497 e. The van der Waals surface area contributed by atoms with Crippen molar-refractivity contribution >= 4 is 29.1 Å². The SMILES string of the molecule is COc1cccc(C(=O)NC2CC3CCCC(C2)N3CC(=O)Nc2ccc(Cl)cc2)c1. The lowest BCUT2D eigenvalue weighted by atomic mass is 9.81. The molecule has 2 unspecified atom stereocenters. The van der Waals surface area contributed by atoms with E-state index in [1.165, 1.54) is 6.42 Å². The number of ether oxygens (including phenoxy) is 1. The second-order valence-corrected chi connectivity index (χ2v) is 8.78. The molecule has 0 aliphatic carbocycles. The number of anilines is 1. The summed E-state index contributed by atoms with van der Waals surface area (Å²) in [6.45, 7) is 0.370. The molecule has 0 aromatic heterocycles. The summed E-state index contributed by atoms with van der Waals surface area (Å²) < 4.78 is 5.22. The first-order valence-electron chi connectivity index (χ1n) is 10.8. The van der Waals surface area contributed by atoms with Crippen LogP contribution in [0.2, 0.25) is 5.02 Å². The molecule has 2 aliphatic rings. The average molecular weight is 442 g/mol. The standard InChI is InChI=1S/C24H28ClN3O3/c1-31-22-7-2-4-16(12-22)24(30)27-19-13-20-5-3-6-21(14-19)28(20)15-23(29)26-18-10-8-17(25)9-11-18/h2,4,7-12,19-21H,3,5-6,13-15H2,1H3,(H,26,29)(H,27,30). The molecule has 7 heteroatoms. The highest BCUT2D eigenvalue weighted by molar-refractivity contribution is 6.30. The lowest BCUT2D eigenvalue weighted by Gasteiger charge is -2.48. The van der Waals surface area contributed by atoms with E-state index >= 15 is 0 Å². The summed E-state index contributed by atoms with van der Waals surface area (Å²) in [6, 6.07) is 15.1. The molecular formula is C24H28ClN3O3. The van der Waals surface area contributed by atoms with Gasteiger partial charge in [-0.3, -0.25) is 14.5 Å². The molecule has 4 rings (SSSR count). The lowest BCUT2D eigenvalue weighted by molar-refractivity contribution is -0.120. The Morgan fingerprint density at radius 1 is 1.10 bits per heavy atom. The molecular weight excluding hydrogens is 414 g/mol. The lowest BCUT2D eigenvalue weighted by Crippen LogP contribution is -2.58. The van der Waals surface area contributed by atoms with Gasteiger partial charge >= 0.3 is 0 Å². The van der Waals surface area contributed by atoms with Gasteiger partial charge in [0.15, 0.2) is 0 Å². The first-order valence-corrected chi connectivity index (χ1v) is 11.2. The van der Waals surface area contributed by atoms with E-state index in [4.69, 9.17) is 16.3 Å². The molecule has 2 aromatic rings. The van der Waals surface area contributed by atoms with Crippen LogP contribution in [-0.4, -0.2) is 48.5 Å². The maximum absolute atomic E-state index is 12.7. The van der Waals surface area contributed by atoms with Crippen LogP contribution in [0.3, 0.4) is 0 Å². The van der Waals surface area contributed by atoms with Crippen molar-refractivity contribution in [2.75, 3.05) is 19.0 Å². The number of piperidine rings is 2. The Labute approximate surface area is 187 Å². The number of hydrogen-bond acceptors (Lipinski definition) is 4. The number of hydrogen-bond donors (Lipinski definition) is 2. The van der Waals surface area contributed by atoms with Crippen LogP contribution in [0.1, 0.15) is 42.5 Å². The maximum atomic E-state index is 12.7. The molecule has 2 aliphatic heterocycles. The van der Waals surface area contributed by atoms with Gasteiger partial charge in [-0.2, -0.15) is 0 Å². The molecule has 31 heavy (non-hydrogen) atoms. The Bertz CT molecular complexity index is 920. The number of carbonyl (C=O) groups excluding carboxylic acids is 2. The first kappa shape index (κ1) is 21.7. The van der Waals surface area contributed by atoms with Crippen molar-refractivity contribution in [1.29, 1.82) is 0 Å². The molecule has 2 heterocycles. The smallest absolute Gasteiger partial charge is 0.251 e. The number of halogens is 1. The fraction of sp³-hybridized carbons (Fsp3) is 0.417. The van der Waals surface area contributed by atoms with Crippen LogP contribution in [0.15, 0.2) is 48.5 Å². The van der Waals surface area contributed by atoms with Crippen molar-refractivity contribution in [3.8, 4) is 5.75 Å². The van der Waals surface area contributed by atoms with Crippen molar-refractivity contribution in [2.24, 2.45) is 0 Å². The van der Waals surface area contributed by atoms with E-state index in [1.54, 1.807) is 43.5 Å². The number of methoxy groups -OCH3 is 1. The van der Waals surface area contributed by atoms with Crippen LogP contribution in [0.25, 0.3) is 0 Å². The van der Waals surface area contributed by atoms with Gasteiger partial charge in [0.05, 0.1) is 13.7 Å². The number of benzene rings is 2. The molecule has 2 aromatic carbocycles. The fourth-order valence-electron chi connectivity index (χ4n) is 4.79. The molecule has 2 atom stereocenters. The van der Waals surface area contributed by atoms with Gasteiger partial charge in [0.25, 0.3) is 5.91 Å². The zero-order valence-corrected chi connectivity index (χ0v) is 18.4. The van der Waals surface area contributed by atoms with E-state index in [1.807, 2.05) is 12.1 Å². The van der Waals surface area contributed by atoms with E-state index in [-0.39, 0.29) is 17.9 Å². The summed E-state index contributed by atoms with van der Waals surface area (Å²) in [5, 5.41) is 6.80. The molecule has 2 bridgehead atoms. The van der Waals surface area contributed by atoms with Crippen LogP contribution < -0.4 is 15.4 Å². The number of nitrogens with zero attached hydrogens (tertiary/aromatic N) is 1. The Hall–Kier alpha value is -2.57. The van der Waals surface area contributed by atoms with E-state index in [9.17, 15) is 9.59 Å². The van der Waals surface area contributed by atoms with Gasteiger partial charge in [0.1, 0.15) is 5.75 Å². The van der Waals surface area contributed by atoms with Gasteiger partial charge in [0.2, 0.25) is 5.91 Å². The third-order valence-corrected chi connectivity index (χ3v) is 6.50. The van der Waals surface area contributed by atoms with Crippen LogP contribution in [0.5, 0.6) is 5.75 Å². The van der Waals surface area contributed by atoms with Crippen LogP contribution in [0.4, 0.5) is 5.69 Å². The Balaban J connectivity index is 1.35. The topological polar surface area (TPSA) is 70.7 Å². The van der Waals surface area contributed by atoms with Gasteiger partial charge in [-0.25, -0.2) is 0 Å². The minimum Gasteiger partial charge on any atom is -0.497 e. The Kier molecular flexibility index (Phi) is 6.78. The van der Waals surface area contributed by atoms with Gasteiger partial charge in [-0.1, -0.05) is 24.1 Å². The molecule has 0 saturated carbocycles. The Morgan fingerprint density at radius 2 is 1.81 bits per heavy atom. The minimum absolute atomic E-state index is 0.0157. The molecule has 2 amide bonds. The van der Waals surface area contributed by atoms with Crippen LogP contribution in [-0.2, 0) is 4.79 Å². The summed E-state index contributed by atoms with van der Waals surface area (Å²) in [4.78, 5) is 27.7. The number of carbonyl (C=O) groups is 2. The number of amides is 2. The second-order valence-electron chi connectivity index (χ2n) is 8.34. The zero-order valence-electron chi connectivity index (χ0n) is 17.6. The van der Waals surface area contributed by atoms with Gasteiger partial charge in [-0.05, 0) is 68.1 Å². The number of rotatable bonds is 6. The molecule has 0 spiro atoms. The average Bonchev–Trinajstić information content (AvgIpc) is 2.76. The van der Waals surface area contributed by atoms with Crippen LogP contribution in [0, 0.1) is 0 Å². The van der Waals surface area contributed by atoms with Gasteiger partial charge in [-0.15, -0.1) is 0 Å². The van der Waals surface area contributed by atoms with Crippen LogP contribution >= 0.6 is 11.6 Å². The third kappa shape index (κ3) is 5.38. The predicted molar refractivity (Wildman–Crippen MR) is 122 cm³/mol. The molecule has 2 fully saturated rings. The summed E-state index contributed by atoms with van der Waals surface area (Å²) in [6.07, 6.45) is 4.99. The first-order chi connectivity index (χ1) is 15.0. The van der Waals surface area contributed by atoms with E-state index in [0.717, 1.165) is 31.4 Å². The van der Waals surface area contributed by atoms with Crippen molar-refractivity contribution in [3.05, 3.63) is 59.1 Å². The highest BCUT2D eigenvalue weighted by Gasteiger charge is 2.39. The quantitative estimate of drug-likeness (QED) is 0.708. The highest BCUT2D eigenvalue weighted by Crippen LogP contribution is 2.34. The summed E-state index contributed by atoms with van der Waals surface area (Å²) in [5.74, 6) is 0.583. The summed E-state index contributed by atoms with van der Waals surface area (Å²) >= 11 is 5.92. The third-order valence-electron chi connectivity index (χ3n) is 6.25. The zero-order chi connectivity index (χ0) is 21.8. The monoisotopic (exact) mass is 441 g/mol. The van der Waals surface area contributed by atoms with E-state index < -0.39 is 0 Å². The molecule has 2 saturated heterocycles. The predicted octanol–water partition coefficient (Wildman–Crippen LogP) is 4.10.